The Bertz CT molecular complexity index is 292. The summed E-state index contributed by atoms with van der Waals surface area (Å²) in [5.41, 5.74) is 1.12. The SMILES string of the molecule is CC(=O)N1CCC[C@@H]1c1ccoc1. The Balaban J connectivity index is 2.19. The first kappa shape index (κ1) is 8.35. The Morgan fingerprint density at radius 3 is 3.15 bits per heavy atom. The highest BCUT2D eigenvalue weighted by Gasteiger charge is 2.28. The van der Waals surface area contributed by atoms with Gasteiger partial charge in [-0.25, -0.2) is 0 Å². The number of furan rings is 1. The molecule has 0 unspecified atom stereocenters. The van der Waals surface area contributed by atoms with Crippen LogP contribution in [0.15, 0.2) is 23.0 Å². The van der Waals surface area contributed by atoms with Crippen molar-refractivity contribution in [1.29, 1.82) is 0 Å². The molecular formula is C10H13NO2. The maximum absolute atomic E-state index is 11.2. The maximum Gasteiger partial charge on any atom is 0.219 e. The Labute approximate surface area is 77.3 Å². The fourth-order valence-electron chi connectivity index (χ4n) is 1.95. The number of likely N-dealkylation sites (tertiary alicyclic amines) is 1. The van der Waals surface area contributed by atoms with Crippen LogP contribution in [0.2, 0.25) is 0 Å². The molecule has 0 N–H and O–H groups in total. The summed E-state index contributed by atoms with van der Waals surface area (Å²) in [4.78, 5) is 13.2. The fourth-order valence-corrected chi connectivity index (χ4v) is 1.95. The van der Waals surface area contributed by atoms with Gasteiger partial charge in [0.25, 0.3) is 0 Å². The van der Waals surface area contributed by atoms with Crippen LogP contribution in [0.1, 0.15) is 31.4 Å². The van der Waals surface area contributed by atoms with E-state index in [1.807, 2.05) is 11.0 Å². The van der Waals surface area contributed by atoms with Gasteiger partial charge in [0.05, 0.1) is 18.6 Å². The molecule has 0 spiro atoms. The van der Waals surface area contributed by atoms with E-state index >= 15 is 0 Å². The summed E-state index contributed by atoms with van der Waals surface area (Å²) in [5, 5.41) is 0. The molecule has 0 saturated carbocycles. The molecule has 1 aromatic rings. The molecule has 70 valence electrons. The van der Waals surface area contributed by atoms with Crippen molar-refractivity contribution in [3.63, 3.8) is 0 Å². The lowest BCUT2D eigenvalue weighted by Gasteiger charge is -2.21. The molecule has 3 heteroatoms. The largest absolute Gasteiger partial charge is 0.472 e. The molecule has 13 heavy (non-hydrogen) atoms. The predicted molar refractivity (Wildman–Crippen MR) is 48.1 cm³/mol. The molecule has 2 rings (SSSR count). The molecule has 1 aliphatic heterocycles. The first-order valence-corrected chi connectivity index (χ1v) is 4.58. The van der Waals surface area contributed by atoms with Crippen molar-refractivity contribution in [2.75, 3.05) is 6.54 Å². The van der Waals surface area contributed by atoms with E-state index in [2.05, 4.69) is 0 Å². The molecule has 2 heterocycles. The van der Waals surface area contributed by atoms with Crippen molar-refractivity contribution in [3.05, 3.63) is 24.2 Å². The Hall–Kier alpha value is -1.25. The van der Waals surface area contributed by atoms with Crippen molar-refractivity contribution >= 4 is 5.91 Å². The molecule has 1 amide bonds. The highest BCUT2D eigenvalue weighted by Crippen LogP contribution is 2.31. The molecule has 1 saturated heterocycles. The summed E-state index contributed by atoms with van der Waals surface area (Å²) in [6, 6.07) is 2.18. The standard InChI is InChI=1S/C10H13NO2/c1-8(12)11-5-2-3-10(11)9-4-6-13-7-9/h4,6-7,10H,2-3,5H2,1H3/t10-/m1/s1. The minimum atomic E-state index is 0.156. The number of hydrogen-bond donors (Lipinski definition) is 0. The second kappa shape index (κ2) is 3.24. The Morgan fingerprint density at radius 1 is 1.69 bits per heavy atom. The normalized spacial score (nSPS) is 22.2. The molecule has 0 aromatic carbocycles. The summed E-state index contributed by atoms with van der Waals surface area (Å²) >= 11 is 0. The van der Waals surface area contributed by atoms with E-state index in [-0.39, 0.29) is 11.9 Å². The van der Waals surface area contributed by atoms with Gasteiger partial charge >= 0.3 is 0 Å². The quantitative estimate of drug-likeness (QED) is 0.660. The summed E-state index contributed by atoms with van der Waals surface area (Å²) in [6.07, 6.45) is 5.53. The van der Waals surface area contributed by atoms with Gasteiger partial charge in [-0.15, -0.1) is 0 Å². The molecule has 1 atom stereocenters. The average Bonchev–Trinajstić information content (AvgIpc) is 2.74. The number of nitrogens with zero attached hydrogens (tertiary/aromatic N) is 1. The second-order valence-corrected chi connectivity index (χ2v) is 3.43. The van der Waals surface area contributed by atoms with Crippen molar-refractivity contribution < 1.29 is 9.21 Å². The van der Waals surface area contributed by atoms with Crippen LogP contribution in [0.25, 0.3) is 0 Å². The van der Waals surface area contributed by atoms with E-state index in [1.54, 1.807) is 19.5 Å². The average molecular weight is 179 g/mol. The molecule has 0 aliphatic carbocycles. The highest BCUT2D eigenvalue weighted by molar-refractivity contribution is 5.74. The van der Waals surface area contributed by atoms with Gasteiger partial charge in [-0.2, -0.15) is 0 Å². The topological polar surface area (TPSA) is 33.5 Å². The van der Waals surface area contributed by atoms with E-state index in [4.69, 9.17) is 4.42 Å². The van der Waals surface area contributed by atoms with Crippen LogP contribution in [0.5, 0.6) is 0 Å². The van der Waals surface area contributed by atoms with Crippen LogP contribution >= 0.6 is 0 Å². The second-order valence-electron chi connectivity index (χ2n) is 3.43. The van der Waals surface area contributed by atoms with Crippen molar-refractivity contribution in [2.24, 2.45) is 0 Å². The molecule has 0 bridgehead atoms. The summed E-state index contributed by atoms with van der Waals surface area (Å²) < 4.78 is 5.02. The van der Waals surface area contributed by atoms with Crippen LogP contribution < -0.4 is 0 Å². The van der Waals surface area contributed by atoms with Crippen LogP contribution in [-0.4, -0.2) is 17.4 Å². The van der Waals surface area contributed by atoms with Gasteiger partial charge in [-0.1, -0.05) is 0 Å². The van der Waals surface area contributed by atoms with Crippen LogP contribution in [0, 0.1) is 0 Å². The van der Waals surface area contributed by atoms with E-state index in [0.717, 1.165) is 24.9 Å². The van der Waals surface area contributed by atoms with E-state index < -0.39 is 0 Å². The summed E-state index contributed by atoms with van der Waals surface area (Å²) in [6.45, 7) is 2.50. The van der Waals surface area contributed by atoms with E-state index in [0.29, 0.717) is 0 Å². The summed E-state index contributed by atoms with van der Waals surface area (Å²) in [7, 11) is 0. The molecule has 1 fully saturated rings. The lowest BCUT2D eigenvalue weighted by Crippen LogP contribution is -2.27. The van der Waals surface area contributed by atoms with Crippen LogP contribution in [0.3, 0.4) is 0 Å². The van der Waals surface area contributed by atoms with Gasteiger partial charge in [0.1, 0.15) is 0 Å². The zero-order chi connectivity index (χ0) is 9.26. The number of hydrogen-bond acceptors (Lipinski definition) is 2. The van der Waals surface area contributed by atoms with E-state index in [1.165, 1.54) is 0 Å². The van der Waals surface area contributed by atoms with Gasteiger partial charge in [-0.3, -0.25) is 4.79 Å². The van der Waals surface area contributed by atoms with Gasteiger partial charge in [0, 0.05) is 19.0 Å². The van der Waals surface area contributed by atoms with Crippen molar-refractivity contribution in [3.8, 4) is 0 Å². The highest BCUT2D eigenvalue weighted by atomic mass is 16.3. The lowest BCUT2D eigenvalue weighted by atomic mass is 10.1. The smallest absolute Gasteiger partial charge is 0.219 e. The third kappa shape index (κ3) is 1.46. The van der Waals surface area contributed by atoms with Gasteiger partial charge < -0.3 is 9.32 Å². The minimum absolute atomic E-state index is 0.156. The lowest BCUT2D eigenvalue weighted by molar-refractivity contribution is -0.129. The van der Waals surface area contributed by atoms with E-state index in [9.17, 15) is 4.79 Å². The predicted octanol–water partition coefficient (Wildman–Crippen LogP) is 1.96. The third-order valence-corrected chi connectivity index (χ3v) is 2.59. The molecule has 0 radical (unpaired) electrons. The Morgan fingerprint density at radius 2 is 2.54 bits per heavy atom. The molecule has 3 nitrogen and oxygen atoms in total. The third-order valence-electron chi connectivity index (χ3n) is 2.59. The number of carbonyl (C=O) groups is 1. The zero-order valence-electron chi connectivity index (χ0n) is 7.69. The Kier molecular flexibility index (Phi) is 2.08. The zero-order valence-corrected chi connectivity index (χ0v) is 7.69. The maximum atomic E-state index is 11.2. The molecular weight excluding hydrogens is 166 g/mol. The van der Waals surface area contributed by atoms with Crippen molar-refractivity contribution in [1.82, 2.24) is 4.90 Å². The monoisotopic (exact) mass is 179 g/mol. The van der Waals surface area contributed by atoms with Gasteiger partial charge in [-0.05, 0) is 18.9 Å². The number of amides is 1. The first-order valence-electron chi connectivity index (χ1n) is 4.58. The van der Waals surface area contributed by atoms with Crippen LogP contribution in [-0.2, 0) is 4.79 Å². The number of carbonyl (C=O) groups excluding carboxylic acids is 1. The van der Waals surface area contributed by atoms with Crippen LogP contribution in [0.4, 0.5) is 0 Å². The van der Waals surface area contributed by atoms with Crippen molar-refractivity contribution in [2.45, 2.75) is 25.8 Å². The summed E-state index contributed by atoms with van der Waals surface area (Å²) in [5.74, 6) is 0.156. The molecule has 1 aliphatic rings. The molecule has 1 aromatic heterocycles. The van der Waals surface area contributed by atoms with Gasteiger partial charge in [0.15, 0.2) is 0 Å². The minimum Gasteiger partial charge on any atom is -0.472 e. The number of rotatable bonds is 1. The van der Waals surface area contributed by atoms with Gasteiger partial charge in [0.2, 0.25) is 5.91 Å². The fraction of sp³-hybridized carbons (Fsp3) is 0.500. The first-order chi connectivity index (χ1) is 6.29.